The molecule has 3 N–H and O–H groups in total. The van der Waals surface area contributed by atoms with Crippen LogP contribution in [0.25, 0.3) is 0 Å². The van der Waals surface area contributed by atoms with E-state index in [9.17, 15) is 4.79 Å². The zero-order chi connectivity index (χ0) is 20.8. The molecule has 2 aliphatic rings. The van der Waals surface area contributed by atoms with Crippen LogP contribution >= 0.6 is 0 Å². The van der Waals surface area contributed by atoms with E-state index in [1.54, 1.807) is 0 Å². The van der Waals surface area contributed by atoms with Gasteiger partial charge in [0.2, 0.25) is 5.91 Å². The summed E-state index contributed by atoms with van der Waals surface area (Å²) in [6, 6.07) is 16.6. The number of benzene rings is 2. The van der Waals surface area contributed by atoms with Crippen LogP contribution in [0.2, 0.25) is 0 Å². The lowest BCUT2D eigenvalue weighted by Gasteiger charge is -2.26. The molecular formula is C24H29N5O. The zero-order valence-corrected chi connectivity index (χ0v) is 17.4. The first kappa shape index (κ1) is 20.0. The Labute approximate surface area is 178 Å². The van der Waals surface area contributed by atoms with Gasteiger partial charge in [-0.25, -0.2) is 4.99 Å². The predicted molar refractivity (Wildman–Crippen MR) is 123 cm³/mol. The molecule has 4 rings (SSSR count). The van der Waals surface area contributed by atoms with Crippen molar-refractivity contribution in [1.82, 2.24) is 10.6 Å². The fourth-order valence-electron chi connectivity index (χ4n) is 3.92. The van der Waals surface area contributed by atoms with Crippen LogP contribution in [0, 0.1) is 0 Å². The lowest BCUT2D eigenvalue weighted by Crippen LogP contribution is -2.40. The van der Waals surface area contributed by atoms with Gasteiger partial charge in [0.05, 0.1) is 6.54 Å². The maximum atomic E-state index is 12.0. The van der Waals surface area contributed by atoms with Crippen LogP contribution < -0.4 is 20.9 Å². The molecule has 30 heavy (non-hydrogen) atoms. The number of carbonyl (C=O) groups is 1. The smallest absolute Gasteiger partial charge is 0.225 e. The van der Waals surface area contributed by atoms with Gasteiger partial charge in [-0.1, -0.05) is 42.5 Å². The molecule has 2 aromatic carbocycles. The molecular weight excluding hydrogens is 374 g/mol. The second-order valence-corrected chi connectivity index (χ2v) is 7.66. The third kappa shape index (κ3) is 4.82. The Morgan fingerprint density at radius 1 is 1.10 bits per heavy atom. The first-order chi connectivity index (χ1) is 14.7. The fourth-order valence-corrected chi connectivity index (χ4v) is 3.92. The number of hydrogen-bond donors (Lipinski definition) is 3. The van der Waals surface area contributed by atoms with Crippen molar-refractivity contribution >= 4 is 23.2 Å². The highest BCUT2D eigenvalue weighted by Gasteiger charge is 2.24. The highest BCUT2D eigenvalue weighted by atomic mass is 16.1. The van der Waals surface area contributed by atoms with Gasteiger partial charge in [0.25, 0.3) is 0 Å². The molecule has 2 aromatic rings. The molecule has 0 aliphatic carbocycles. The Morgan fingerprint density at radius 2 is 1.87 bits per heavy atom. The van der Waals surface area contributed by atoms with E-state index < -0.39 is 0 Å². The zero-order valence-electron chi connectivity index (χ0n) is 17.4. The monoisotopic (exact) mass is 403 g/mol. The summed E-state index contributed by atoms with van der Waals surface area (Å²) in [7, 11) is 0. The van der Waals surface area contributed by atoms with E-state index in [1.165, 1.54) is 16.8 Å². The highest BCUT2D eigenvalue weighted by Crippen LogP contribution is 2.31. The number of guanidine groups is 1. The van der Waals surface area contributed by atoms with Gasteiger partial charge in [-0.05, 0) is 36.2 Å². The second-order valence-electron chi connectivity index (χ2n) is 7.66. The van der Waals surface area contributed by atoms with Gasteiger partial charge >= 0.3 is 0 Å². The quantitative estimate of drug-likeness (QED) is 0.393. The number of para-hydroxylation sites is 1. The van der Waals surface area contributed by atoms with Crippen molar-refractivity contribution in [3.8, 4) is 0 Å². The Balaban J connectivity index is 1.38. The summed E-state index contributed by atoms with van der Waals surface area (Å²) in [6.45, 7) is 6.07. The molecule has 6 nitrogen and oxygen atoms in total. The van der Waals surface area contributed by atoms with Crippen molar-refractivity contribution in [2.24, 2.45) is 4.99 Å². The molecule has 0 radical (unpaired) electrons. The highest BCUT2D eigenvalue weighted by molar-refractivity contribution is 5.94. The summed E-state index contributed by atoms with van der Waals surface area (Å²) in [5, 5.41) is 9.68. The molecule has 1 atom stereocenters. The van der Waals surface area contributed by atoms with Gasteiger partial charge in [0, 0.05) is 49.9 Å². The number of nitrogens with zero attached hydrogens (tertiary/aromatic N) is 2. The van der Waals surface area contributed by atoms with E-state index in [-0.39, 0.29) is 11.8 Å². The Morgan fingerprint density at radius 3 is 2.63 bits per heavy atom. The SMILES string of the molecule is CCNC(=NCc1ccc(N2CC=CC2)cc1)NCC1CC(=O)Nc2ccccc21. The summed E-state index contributed by atoms with van der Waals surface area (Å²) < 4.78 is 0. The lowest BCUT2D eigenvalue weighted by atomic mass is 9.90. The maximum absolute atomic E-state index is 12.0. The minimum Gasteiger partial charge on any atom is -0.364 e. The topological polar surface area (TPSA) is 68.8 Å². The molecule has 0 bridgehead atoms. The number of fused-ring (bicyclic) bond motifs is 1. The van der Waals surface area contributed by atoms with Gasteiger partial charge in [-0.2, -0.15) is 0 Å². The third-order valence-electron chi connectivity index (χ3n) is 5.51. The molecule has 2 heterocycles. The molecule has 0 aromatic heterocycles. The average molecular weight is 404 g/mol. The second kappa shape index (κ2) is 9.48. The molecule has 1 unspecified atom stereocenters. The van der Waals surface area contributed by atoms with Crippen molar-refractivity contribution in [3.63, 3.8) is 0 Å². The van der Waals surface area contributed by atoms with Gasteiger partial charge in [-0.15, -0.1) is 0 Å². The molecule has 0 saturated carbocycles. The van der Waals surface area contributed by atoms with E-state index in [0.717, 1.165) is 31.3 Å². The molecule has 156 valence electrons. The largest absolute Gasteiger partial charge is 0.364 e. The predicted octanol–water partition coefficient (Wildman–Crippen LogP) is 3.24. The first-order valence-corrected chi connectivity index (χ1v) is 10.6. The van der Waals surface area contributed by atoms with E-state index in [2.05, 4.69) is 70.3 Å². The number of aliphatic imine (C=N–C) groups is 1. The van der Waals surface area contributed by atoms with Gasteiger partial charge in [0.1, 0.15) is 0 Å². The minimum absolute atomic E-state index is 0.0655. The van der Waals surface area contributed by atoms with Crippen LogP contribution in [0.3, 0.4) is 0 Å². The lowest BCUT2D eigenvalue weighted by molar-refractivity contribution is -0.116. The number of rotatable bonds is 6. The van der Waals surface area contributed by atoms with Crippen LogP contribution in [0.1, 0.15) is 30.4 Å². The van der Waals surface area contributed by atoms with Crippen LogP contribution in [0.5, 0.6) is 0 Å². The summed E-state index contributed by atoms with van der Waals surface area (Å²) in [6.07, 6.45) is 4.87. The molecule has 1 amide bonds. The summed E-state index contributed by atoms with van der Waals surface area (Å²) >= 11 is 0. The Hall–Kier alpha value is -3.28. The Bertz CT molecular complexity index is 927. The number of carbonyl (C=O) groups excluding carboxylic acids is 1. The summed E-state index contributed by atoms with van der Waals surface area (Å²) in [4.78, 5) is 19.1. The van der Waals surface area contributed by atoms with Crippen molar-refractivity contribution in [1.29, 1.82) is 0 Å². The average Bonchev–Trinajstić information content (AvgIpc) is 3.31. The van der Waals surface area contributed by atoms with Crippen LogP contribution in [0.4, 0.5) is 11.4 Å². The molecule has 2 aliphatic heterocycles. The van der Waals surface area contributed by atoms with Crippen molar-refractivity contribution in [3.05, 3.63) is 71.8 Å². The van der Waals surface area contributed by atoms with E-state index >= 15 is 0 Å². The molecule has 0 spiro atoms. The Kier molecular flexibility index (Phi) is 6.32. The van der Waals surface area contributed by atoms with Gasteiger partial charge in [-0.3, -0.25) is 4.79 Å². The number of hydrogen-bond acceptors (Lipinski definition) is 3. The van der Waals surface area contributed by atoms with Crippen LogP contribution in [0.15, 0.2) is 65.7 Å². The number of nitrogens with one attached hydrogen (secondary N) is 3. The minimum atomic E-state index is 0.0655. The first-order valence-electron chi connectivity index (χ1n) is 10.6. The van der Waals surface area contributed by atoms with Gasteiger partial charge in [0.15, 0.2) is 5.96 Å². The molecule has 6 heteroatoms. The fraction of sp³-hybridized carbons (Fsp3) is 0.333. The molecule has 0 saturated heterocycles. The van der Waals surface area contributed by atoms with Crippen molar-refractivity contribution in [2.45, 2.75) is 25.8 Å². The van der Waals surface area contributed by atoms with Crippen LogP contribution in [-0.2, 0) is 11.3 Å². The van der Waals surface area contributed by atoms with Gasteiger partial charge < -0.3 is 20.9 Å². The van der Waals surface area contributed by atoms with Crippen LogP contribution in [-0.4, -0.2) is 38.0 Å². The normalized spacial score (nSPS) is 18.2. The van der Waals surface area contributed by atoms with E-state index in [4.69, 9.17) is 4.99 Å². The number of amides is 1. The third-order valence-corrected chi connectivity index (χ3v) is 5.51. The van der Waals surface area contributed by atoms with E-state index in [0.29, 0.717) is 19.5 Å². The number of anilines is 2. The van der Waals surface area contributed by atoms with E-state index in [1.807, 2.05) is 18.2 Å². The van der Waals surface area contributed by atoms with Crippen molar-refractivity contribution < 1.29 is 4.79 Å². The summed E-state index contributed by atoms with van der Waals surface area (Å²) in [5.74, 6) is 0.969. The standard InChI is InChI=1S/C24H29N5O/c1-2-25-24(26-16-18-9-11-20(12-10-18)29-13-5-6-14-29)27-17-19-15-23(30)28-22-8-4-3-7-21(19)22/h3-12,19H,2,13-17H2,1H3,(H,28,30)(H2,25,26,27). The molecule has 0 fully saturated rings. The summed E-state index contributed by atoms with van der Waals surface area (Å²) in [5.41, 5.74) is 4.50. The van der Waals surface area contributed by atoms with Crippen molar-refractivity contribution in [2.75, 3.05) is 36.4 Å². The maximum Gasteiger partial charge on any atom is 0.225 e.